The van der Waals surface area contributed by atoms with E-state index in [0.717, 1.165) is 5.69 Å². The Balaban J connectivity index is 2.27. The molecule has 1 aromatic carbocycles. The van der Waals surface area contributed by atoms with Crippen molar-refractivity contribution in [2.24, 2.45) is 0 Å². The Bertz CT molecular complexity index is 798. The van der Waals surface area contributed by atoms with Crippen LogP contribution in [0.25, 0.3) is 0 Å². The molecule has 1 aromatic heterocycles. The summed E-state index contributed by atoms with van der Waals surface area (Å²) in [6.45, 7) is 5.99. The van der Waals surface area contributed by atoms with Gasteiger partial charge in [-0.1, -0.05) is 19.9 Å². The molecule has 0 unspecified atom stereocenters. The molecular weight excluding hydrogens is 324 g/mol. The highest BCUT2D eigenvalue weighted by atomic mass is 16.6. The van der Waals surface area contributed by atoms with Crippen molar-refractivity contribution in [3.05, 3.63) is 50.8 Å². The second-order valence-electron chi connectivity index (χ2n) is 6.19. The van der Waals surface area contributed by atoms with Crippen molar-refractivity contribution in [2.75, 3.05) is 14.2 Å². The first kappa shape index (κ1) is 18.4. The number of aromatic nitrogens is 2. The van der Waals surface area contributed by atoms with Gasteiger partial charge < -0.3 is 9.64 Å². The van der Waals surface area contributed by atoms with Crippen LogP contribution in [0.15, 0.2) is 18.2 Å². The van der Waals surface area contributed by atoms with Crippen molar-refractivity contribution < 1.29 is 14.5 Å². The molecule has 1 heterocycles. The summed E-state index contributed by atoms with van der Waals surface area (Å²) in [6, 6.07) is 4.67. The lowest BCUT2D eigenvalue weighted by Crippen LogP contribution is -2.27. The van der Waals surface area contributed by atoms with Crippen LogP contribution < -0.4 is 4.74 Å². The first-order valence-electron chi connectivity index (χ1n) is 7.87. The van der Waals surface area contributed by atoms with Crippen LogP contribution in [-0.2, 0) is 6.54 Å². The molecule has 2 rings (SSSR count). The number of aryl methyl sites for hydroxylation is 1. The zero-order valence-corrected chi connectivity index (χ0v) is 15.0. The predicted octanol–water partition coefficient (Wildman–Crippen LogP) is 3.03. The third-order valence-corrected chi connectivity index (χ3v) is 3.94. The van der Waals surface area contributed by atoms with E-state index < -0.39 is 4.92 Å². The Kier molecular flexibility index (Phi) is 5.41. The van der Waals surface area contributed by atoms with Crippen LogP contribution in [0.3, 0.4) is 0 Å². The molecule has 1 amide bonds. The van der Waals surface area contributed by atoms with E-state index in [1.54, 1.807) is 20.0 Å². The third kappa shape index (κ3) is 3.78. The zero-order valence-electron chi connectivity index (χ0n) is 15.0. The standard InChI is InChI=1S/C17H22N4O4/c1-10(2)16-15(11(3)18-19-16)17(22)20(4)9-12-6-7-14(25-5)13(8-12)21(23)24/h6-8,10H,9H2,1-5H3,(H,18,19). The van der Waals surface area contributed by atoms with Gasteiger partial charge >= 0.3 is 5.69 Å². The van der Waals surface area contributed by atoms with Crippen LogP contribution in [0.2, 0.25) is 0 Å². The van der Waals surface area contributed by atoms with E-state index in [0.29, 0.717) is 16.8 Å². The quantitative estimate of drug-likeness (QED) is 0.640. The molecule has 0 aliphatic heterocycles. The zero-order chi connectivity index (χ0) is 18.7. The lowest BCUT2D eigenvalue weighted by Gasteiger charge is -2.18. The van der Waals surface area contributed by atoms with Gasteiger partial charge in [-0.2, -0.15) is 5.10 Å². The van der Waals surface area contributed by atoms with Crippen LogP contribution in [0.5, 0.6) is 5.75 Å². The van der Waals surface area contributed by atoms with E-state index >= 15 is 0 Å². The molecule has 134 valence electrons. The molecule has 0 spiro atoms. The van der Waals surface area contributed by atoms with Crippen molar-refractivity contribution in [3.8, 4) is 5.75 Å². The first-order chi connectivity index (χ1) is 11.8. The number of nitro groups is 1. The summed E-state index contributed by atoms with van der Waals surface area (Å²) in [5.74, 6) is 0.128. The van der Waals surface area contributed by atoms with E-state index in [-0.39, 0.29) is 29.8 Å². The van der Waals surface area contributed by atoms with Crippen molar-refractivity contribution in [1.82, 2.24) is 15.1 Å². The van der Waals surface area contributed by atoms with Gasteiger partial charge in [-0.3, -0.25) is 20.0 Å². The number of hydrogen-bond donors (Lipinski definition) is 1. The van der Waals surface area contributed by atoms with Gasteiger partial charge in [-0.15, -0.1) is 0 Å². The number of carbonyl (C=O) groups is 1. The van der Waals surface area contributed by atoms with Gasteiger partial charge in [0.25, 0.3) is 5.91 Å². The maximum atomic E-state index is 12.8. The van der Waals surface area contributed by atoms with Crippen LogP contribution >= 0.6 is 0 Å². The van der Waals surface area contributed by atoms with Gasteiger partial charge in [0.1, 0.15) is 0 Å². The minimum atomic E-state index is -0.499. The summed E-state index contributed by atoms with van der Waals surface area (Å²) in [5.41, 5.74) is 2.51. The Labute approximate surface area is 145 Å². The van der Waals surface area contributed by atoms with Crippen LogP contribution in [0.1, 0.15) is 47.1 Å². The molecule has 0 fully saturated rings. The van der Waals surface area contributed by atoms with Gasteiger partial charge in [0.15, 0.2) is 5.75 Å². The smallest absolute Gasteiger partial charge is 0.311 e. The van der Waals surface area contributed by atoms with Crippen molar-refractivity contribution in [1.29, 1.82) is 0 Å². The Hall–Kier alpha value is -2.90. The molecule has 0 aliphatic rings. The van der Waals surface area contributed by atoms with Gasteiger partial charge in [0, 0.05) is 25.4 Å². The highest BCUT2D eigenvalue weighted by molar-refractivity contribution is 5.96. The van der Waals surface area contributed by atoms with Crippen LogP contribution in [0.4, 0.5) is 5.69 Å². The fourth-order valence-corrected chi connectivity index (χ4v) is 2.65. The molecule has 0 saturated heterocycles. The molecule has 0 aliphatic carbocycles. The number of methoxy groups -OCH3 is 1. The predicted molar refractivity (Wildman–Crippen MR) is 92.9 cm³/mol. The summed E-state index contributed by atoms with van der Waals surface area (Å²) in [6.07, 6.45) is 0. The number of ether oxygens (including phenoxy) is 1. The molecule has 0 atom stereocenters. The molecule has 8 nitrogen and oxygen atoms in total. The lowest BCUT2D eigenvalue weighted by atomic mass is 10.0. The molecule has 0 radical (unpaired) electrons. The normalized spacial score (nSPS) is 10.8. The number of amides is 1. The second-order valence-corrected chi connectivity index (χ2v) is 6.19. The summed E-state index contributed by atoms with van der Waals surface area (Å²) < 4.78 is 5.00. The number of hydrogen-bond acceptors (Lipinski definition) is 5. The lowest BCUT2D eigenvalue weighted by molar-refractivity contribution is -0.385. The summed E-state index contributed by atoms with van der Waals surface area (Å²) in [4.78, 5) is 25.0. The first-order valence-corrected chi connectivity index (χ1v) is 7.87. The second kappa shape index (κ2) is 7.33. The SMILES string of the molecule is COc1ccc(CN(C)C(=O)c2c(C(C)C)n[nH]c2C)cc1[N+](=O)[O-]. The summed E-state index contributed by atoms with van der Waals surface area (Å²) >= 11 is 0. The summed E-state index contributed by atoms with van der Waals surface area (Å²) in [7, 11) is 3.04. The van der Waals surface area contributed by atoms with Crippen LogP contribution in [0, 0.1) is 17.0 Å². The maximum Gasteiger partial charge on any atom is 0.311 e. The molecule has 0 saturated carbocycles. The Morgan fingerprint density at radius 2 is 2.12 bits per heavy atom. The van der Waals surface area contributed by atoms with E-state index in [9.17, 15) is 14.9 Å². The number of carbonyl (C=O) groups excluding carboxylic acids is 1. The number of benzene rings is 1. The molecule has 25 heavy (non-hydrogen) atoms. The Morgan fingerprint density at radius 1 is 1.44 bits per heavy atom. The van der Waals surface area contributed by atoms with Crippen molar-refractivity contribution in [3.63, 3.8) is 0 Å². The molecule has 1 N–H and O–H groups in total. The number of nitro benzene ring substituents is 1. The van der Waals surface area contributed by atoms with E-state index in [4.69, 9.17) is 4.74 Å². The van der Waals surface area contributed by atoms with Crippen molar-refractivity contribution in [2.45, 2.75) is 33.2 Å². The minimum absolute atomic E-state index is 0.111. The fourth-order valence-electron chi connectivity index (χ4n) is 2.65. The monoisotopic (exact) mass is 346 g/mol. The van der Waals surface area contributed by atoms with Gasteiger partial charge in [0.2, 0.25) is 0 Å². The Morgan fingerprint density at radius 3 is 2.68 bits per heavy atom. The minimum Gasteiger partial charge on any atom is -0.490 e. The van der Waals surface area contributed by atoms with Crippen LogP contribution in [-0.4, -0.2) is 40.1 Å². The molecule has 8 heteroatoms. The molecule has 2 aromatic rings. The number of H-pyrrole nitrogens is 1. The maximum absolute atomic E-state index is 12.8. The van der Waals surface area contributed by atoms with Crippen molar-refractivity contribution >= 4 is 11.6 Å². The molecule has 0 bridgehead atoms. The van der Waals surface area contributed by atoms with E-state index in [1.807, 2.05) is 13.8 Å². The largest absolute Gasteiger partial charge is 0.490 e. The highest BCUT2D eigenvalue weighted by Crippen LogP contribution is 2.28. The average molecular weight is 346 g/mol. The van der Waals surface area contributed by atoms with Gasteiger partial charge in [0.05, 0.1) is 23.3 Å². The number of rotatable bonds is 6. The fraction of sp³-hybridized carbons (Fsp3) is 0.412. The highest BCUT2D eigenvalue weighted by Gasteiger charge is 2.24. The van der Waals surface area contributed by atoms with Gasteiger partial charge in [-0.25, -0.2) is 0 Å². The third-order valence-electron chi connectivity index (χ3n) is 3.94. The topological polar surface area (TPSA) is 101 Å². The van der Waals surface area contributed by atoms with E-state index in [1.165, 1.54) is 24.1 Å². The van der Waals surface area contributed by atoms with Gasteiger partial charge in [-0.05, 0) is 24.5 Å². The van der Waals surface area contributed by atoms with E-state index in [2.05, 4.69) is 10.2 Å². The number of nitrogens with one attached hydrogen (secondary N) is 1. The summed E-state index contributed by atoms with van der Waals surface area (Å²) in [5, 5.41) is 18.2. The number of nitrogens with zero attached hydrogens (tertiary/aromatic N) is 3. The average Bonchev–Trinajstić information content (AvgIpc) is 2.95. The number of aromatic amines is 1. The molecular formula is C17H22N4O4.